The third-order valence-electron chi connectivity index (χ3n) is 4.54. The van der Waals surface area contributed by atoms with Gasteiger partial charge < -0.3 is 15.7 Å². The lowest BCUT2D eigenvalue weighted by Gasteiger charge is -2.06. The summed E-state index contributed by atoms with van der Waals surface area (Å²) >= 11 is 0. The fourth-order valence-corrected chi connectivity index (χ4v) is 2.90. The maximum absolute atomic E-state index is 12.6. The number of rotatable bonds is 10. The minimum atomic E-state index is -0.948. The molecule has 0 atom stereocenters. The predicted octanol–water partition coefficient (Wildman–Crippen LogP) is 1.80. The van der Waals surface area contributed by atoms with Gasteiger partial charge in [0.2, 0.25) is 0 Å². The van der Waals surface area contributed by atoms with Crippen molar-refractivity contribution in [1.82, 2.24) is 24.9 Å². The fraction of sp³-hybridized carbons (Fsp3) is 0.286. The van der Waals surface area contributed by atoms with Crippen LogP contribution in [-0.2, 0) is 24.3 Å². The molecule has 2 amide bonds. The number of hydrogen-bond donors (Lipinski definition) is 3. The second kappa shape index (κ2) is 10.2. The van der Waals surface area contributed by atoms with Crippen molar-refractivity contribution in [3.05, 3.63) is 65.7 Å². The molecule has 0 unspecified atom stereocenters. The van der Waals surface area contributed by atoms with Crippen molar-refractivity contribution < 1.29 is 19.5 Å². The van der Waals surface area contributed by atoms with Crippen LogP contribution in [0.4, 0.5) is 5.69 Å². The lowest BCUT2D eigenvalue weighted by Crippen LogP contribution is -2.27. The fourth-order valence-electron chi connectivity index (χ4n) is 2.90. The molecular formula is C21H24N6O4. The maximum Gasteiger partial charge on any atom is 0.305 e. The van der Waals surface area contributed by atoms with Gasteiger partial charge in [0, 0.05) is 25.5 Å². The Hall–Kier alpha value is -3.95. The highest BCUT2D eigenvalue weighted by molar-refractivity contribution is 6.08. The summed E-state index contributed by atoms with van der Waals surface area (Å²) in [6.45, 7) is 3.01. The topological polar surface area (TPSA) is 131 Å². The summed E-state index contributed by atoms with van der Waals surface area (Å²) in [5, 5.41) is 22.5. The summed E-state index contributed by atoms with van der Waals surface area (Å²) in [5.41, 5.74) is 1.78. The SMILES string of the molecule is CCn1cc(NC(=O)c2cnn(CCC(=O)O)c2)c(C(=O)NCCc2ccccc2)n1. The Morgan fingerprint density at radius 1 is 1.06 bits per heavy atom. The van der Waals surface area contributed by atoms with Crippen LogP contribution >= 0.6 is 0 Å². The average molecular weight is 424 g/mol. The van der Waals surface area contributed by atoms with Crippen molar-refractivity contribution in [2.75, 3.05) is 11.9 Å². The number of carboxylic acids is 1. The Labute approximate surface area is 178 Å². The van der Waals surface area contributed by atoms with Crippen LogP contribution in [-0.4, -0.2) is 49.0 Å². The van der Waals surface area contributed by atoms with E-state index in [1.807, 2.05) is 37.3 Å². The number of carboxylic acid groups (broad SMARTS) is 1. The molecule has 0 aliphatic heterocycles. The third kappa shape index (κ3) is 6.01. The summed E-state index contributed by atoms with van der Waals surface area (Å²) in [7, 11) is 0. The van der Waals surface area contributed by atoms with Gasteiger partial charge in [-0.25, -0.2) is 0 Å². The molecule has 0 spiro atoms. The average Bonchev–Trinajstić information content (AvgIpc) is 3.40. The number of carbonyl (C=O) groups is 3. The van der Waals surface area contributed by atoms with Crippen LogP contribution in [0.25, 0.3) is 0 Å². The number of nitrogens with zero attached hydrogens (tertiary/aromatic N) is 4. The van der Waals surface area contributed by atoms with Gasteiger partial charge in [-0.05, 0) is 18.9 Å². The van der Waals surface area contributed by atoms with Gasteiger partial charge in [0.25, 0.3) is 11.8 Å². The molecule has 2 heterocycles. The van der Waals surface area contributed by atoms with E-state index >= 15 is 0 Å². The Kier molecular flexibility index (Phi) is 7.15. The van der Waals surface area contributed by atoms with Crippen molar-refractivity contribution >= 4 is 23.5 Å². The minimum absolute atomic E-state index is 0.0979. The van der Waals surface area contributed by atoms with Crippen molar-refractivity contribution in [3.63, 3.8) is 0 Å². The largest absolute Gasteiger partial charge is 0.481 e. The Balaban J connectivity index is 1.64. The molecule has 10 nitrogen and oxygen atoms in total. The number of nitrogens with one attached hydrogen (secondary N) is 2. The first-order chi connectivity index (χ1) is 15.0. The molecule has 162 valence electrons. The molecule has 0 saturated carbocycles. The zero-order valence-electron chi connectivity index (χ0n) is 17.1. The minimum Gasteiger partial charge on any atom is -0.481 e. The number of hydrogen-bond acceptors (Lipinski definition) is 5. The van der Waals surface area contributed by atoms with Crippen LogP contribution in [0.15, 0.2) is 48.9 Å². The van der Waals surface area contributed by atoms with Crippen LogP contribution in [0.3, 0.4) is 0 Å². The molecule has 0 radical (unpaired) electrons. The maximum atomic E-state index is 12.6. The summed E-state index contributed by atoms with van der Waals surface area (Å²) in [6, 6.07) is 9.79. The van der Waals surface area contributed by atoms with E-state index < -0.39 is 11.9 Å². The van der Waals surface area contributed by atoms with E-state index in [0.717, 1.165) is 5.56 Å². The molecule has 0 aliphatic rings. The number of aromatic nitrogens is 4. The van der Waals surface area contributed by atoms with Gasteiger partial charge >= 0.3 is 5.97 Å². The van der Waals surface area contributed by atoms with Crippen LogP contribution in [0.2, 0.25) is 0 Å². The molecule has 0 saturated heterocycles. The standard InChI is InChI=1S/C21H24N6O4/c1-2-26-14-17(24-20(30)16-12-23-27(13-16)11-9-18(28)29)19(25-26)21(31)22-10-8-15-6-4-3-5-7-15/h3-7,12-14H,2,8-11H2,1H3,(H,22,31)(H,24,30)(H,28,29). The second-order valence-electron chi connectivity index (χ2n) is 6.83. The monoisotopic (exact) mass is 424 g/mol. The summed E-state index contributed by atoms with van der Waals surface area (Å²) < 4.78 is 2.95. The van der Waals surface area contributed by atoms with Gasteiger partial charge in [-0.3, -0.25) is 23.7 Å². The van der Waals surface area contributed by atoms with Crippen molar-refractivity contribution in [2.24, 2.45) is 0 Å². The summed E-state index contributed by atoms with van der Waals surface area (Å²) in [6.07, 6.45) is 4.99. The predicted molar refractivity (Wildman–Crippen MR) is 113 cm³/mol. The van der Waals surface area contributed by atoms with Gasteiger partial charge in [-0.1, -0.05) is 30.3 Å². The van der Waals surface area contributed by atoms with Gasteiger partial charge in [0.15, 0.2) is 5.69 Å². The molecule has 1 aromatic carbocycles. The zero-order chi connectivity index (χ0) is 22.2. The summed E-state index contributed by atoms with van der Waals surface area (Å²) in [4.78, 5) is 35.9. The van der Waals surface area contributed by atoms with Crippen molar-refractivity contribution in [2.45, 2.75) is 32.9 Å². The molecule has 0 fully saturated rings. The third-order valence-corrected chi connectivity index (χ3v) is 4.54. The van der Waals surface area contributed by atoms with Crippen LogP contribution in [0, 0.1) is 0 Å². The van der Waals surface area contributed by atoms with Gasteiger partial charge in [-0.15, -0.1) is 0 Å². The van der Waals surface area contributed by atoms with Crippen molar-refractivity contribution in [1.29, 1.82) is 0 Å². The lowest BCUT2D eigenvalue weighted by atomic mass is 10.1. The molecule has 0 aliphatic carbocycles. The molecule has 3 aromatic rings. The quantitative estimate of drug-likeness (QED) is 0.455. The Morgan fingerprint density at radius 2 is 1.84 bits per heavy atom. The first-order valence-corrected chi connectivity index (χ1v) is 9.91. The van der Waals surface area contributed by atoms with Crippen molar-refractivity contribution in [3.8, 4) is 0 Å². The van der Waals surface area contributed by atoms with E-state index in [1.165, 1.54) is 17.1 Å². The molecule has 2 aromatic heterocycles. The highest BCUT2D eigenvalue weighted by Crippen LogP contribution is 2.15. The first-order valence-electron chi connectivity index (χ1n) is 9.91. The molecule has 3 N–H and O–H groups in total. The van der Waals surface area contributed by atoms with Gasteiger partial charge in [0.05, 0.1) is 30.4 Å². The van der Waals surface area contributed by atoms with Crippen LogP contribution < -0.4 is 10.6 Å². The number of aryl methyl sites for hydroxylation is 2. The van der Waals surface area contributed by atoms with Crippen LogP contribution in [0.5, 0.6) is 0 Å². The van der Waals surface area contributed by atoms with E-state index in [0.29, 0.717) is 25.2 Å². The highest BCUT2D eigenvalue weighted by Gasteiger charge is 2.19. The molecule has 3 rings (SSSR count). The number of aliphatic carboxylic acids is 1. The Morgan fingerprint density at radius 3 is 2.55 bits per heavy atom. The molecule has 10 heteroatoms. The van der Waals surface area contributed by atoms with Crippen LogP contribution in [0.1, 0.15) is 39.8 Å². The van der Waals surface area contributed by atoms with E-state index in [-0.39, 0.29) is 30.1 Å². The second-order valence-corrected chi connectivity index (χ2v) is 6.83. The number of amides is 2. The normalized spacial score (nSPS) is 10.6. The van der Waals surface area contributed by atoms with E-state index in [9.17, 15) is 14.4 Å². The molecule has 31 heavy (non-hydrogen) atoms. The smallest absolute Gasteiger partial charge is 0.305 e. The summed E-state index contributed by atoms with van der Waals surface area (Å²) in [5.74, 6) is -1.79. The van der Waals surface area contributed by atoms with Gasteiger partial charge in [-0.2, -0.15) is 10.2 Å². The number of benzene rings is 1. The lowest BCUT2D eigenvalue weighted by molar-refractivity contribution is -0.137. The molecule has 0 bridgehead atoms. The van der Waals surface area contributed by atoms with E-state index in [2.05, 4.69) is 20.8 Å². The highest BCUT2D eigenvalue weighted by atomic mass is 16.4. The van der Waals surface area contributed by atoms with E-state index in [1.54, 1.807) is 10.9 Å². The van der Waals surface area contributed by atoms with Gasteiger partial charge in [0.1, 0.15) is 0 Å². The Bertz CT molecular complexity index is 1060. The number of anilines is 1. The number of carbonyl (C=O) groups excluding carboxylic acids is 2. The zero-order valence-corrected chi connectivity index (χ0v) is 17.1. The molecular weight excluding hydrogens is 400 g/mol. The van der Waals surface area contributed by atoms with E-state index in [4.69, 9.17) is 5.11 Å². The first kappa shape index (κ1) is 21.8.